The number of rotatable bonds is 5. The Morgan fingerprint density at radius 3 is 2.54 bits per heavy atom. The van der Waals surface area contributed by atoms with Crippen molar-refractivity contribution >= 4 is 11.4 Å². The molecule has 0 radical (unpaired) electrons. The number of hydrogen-bond acceptors (Lipinski definition) is 6. The van der Waals surface area contributed by atoms with Crippen LogP contribution in [0.25, 0.3) is 11.1 Å². The summed E-state index contributed by atoms with van der Waals surface area (Å²) in [5, 5.41) is 12.1. The maximum Gasteiger partial charge on any atom is 0.237 e. The van der Waals surface area contributed by atoms with Gasteiger partial charge in [-0.3, -0.25) is 4.68 Å². The van der Waals surface area contributed by atoms with Gasteiger partial charge < -0.3 is 14.6 Å². The molecule has 0 spiro atoms. The first-order valence-electron chi connectivity index (χ1n) is 8.61. The number of methoxy groups -OCH3 is 1. The summed E-state index contributed by atoms with van der Waals surface area (Å²) in [5.74, 6) is 1.58. The van der Waals surface area contributed by atoms with Crippen molar-refractivity contribution < 1.29 is 9.26 Å². The molecule has 3 aromatic rings. The molecule has 0 unspecified atom stereocenters. The van der Waals surface area contributed by atoms with E-state index in [9.17, 15) is 0 Å². The second kappa shape index (κ2) is 6.82. The van der Waals surface area contributed by atoms with Crippen molar-refractivity contribution in [2.45, 2.75) is 40.5 Å². The molecule has 1 N–H and O–H groups in total. The normalized spacial score (nSPS) is 11.2. The van der Waals surface area contributed by atoms with Crippen LogP contribution in [0.1, 0.15) is 42.6 Å². The van der Waals surface area contributed by atoms with Crippen molar-refractivity contribution in [2.24, 2.45) is 7.05 Å². The van der Waals surface area contributed by atoms with Crippen molar-refractivity contribution in [3.8, 4) is 17.0 Å². The van der Waals surface area contributed by atoms with Gasteiger partial charge in [0.15, 0.2) is 0 Å². The minimum atomic E-state index is 0.294. The Morgan fingerprint density at radius 1 is 1.23 bits per heavy atom. The Morgan fingerprint density at radius 2 is 1.96 bits per heavy atom. The van der Waals surface area contributed by atoms with Crippen molar-refractivity contribution in [1.82, 2.24) is 19.9 Å². The van der Waals surface area contributed by atoms with E-state index in [4.69, 9.17) is 9.26 Å². The maximum atomic E-state index is 5.46. The topological polar surface area (TPSA) is 78.0 Å². The lowest BCUT2D eigenvalue weighted by Crippen LogP contribution is -2.01. The molecule has 3 heterocycles. The lowest BCUT2D eigenvalue weighted by Gasteiger charge is -2.14. The molecule has 0 saturated heterocycles. The van der Waals surface area contributed by atoms with Gasteiger partial charge in [-0.15, -0.1) is 0 Å². The minimum Gasteiger partial charge on any atom is -0.480 e. The predicted molar refractivity (Wildman–Crippen MR) is 101 cm³/mol. The average molecular weight is 355 g/mol. The summed E-state index contributed by atoms with van der Waals surface area (Å²) in [6, 6.07) is 2.01. The van der Waals surface area contributed by atoms with E-state index < -0.39 is 0 Å². The molecule has 0 fully saturated rings. The smallest absolute Gasteiger partial charge is 0.237 e. The Labute approximate surface area is 153 Å². The summed E-state index contributed by atoms with van der Waals surface area (Å²) in [7, 11) is 3.56. The van der Waals surface area contributed by atoms with E-state index >= 15 is 0 Å². The number of anilines is 2. The van der Waals surface area contributed by atoms with Crippen LogP contribution < -0.4 is 10.1 Å². The van der Waals surface area contributed by atoms with Crippen molar-refractivity contribution in [3.05, 3.63) is 35.1 Å². The number of nitrogens with one attached hydrogen (secondary N) is 1. The number of aryl methyl sites for hydroxylation is 3. The Balaban J connectivity index is 2.10. The molecule has 0 atom stereocenters. The third kappa shape index (κ3) is 3.05. The number of aromatic nitrogens is 4. The Bertz CT molecular complexity index is 920. The summed E-state index contributed by atoms with van der Waals surface area (Å²) in [6.07, 6.45) is 1.77. The number of ether oxygens (including phenoxy) is 1. The Kier molecular flexibility index (Phi) is 4.71. The first-order chi connectivity index (χ1) is 12.3. The van der Waals surface area contributed by atoms with Gasteiger partial charge in [0.2, 0.25) is 5.88 Å². The molecule has 3 rings (SSSR count). The second-order valence-corrected chi connectivity index (χ2v) is 6.73. The third-order valence-corrected chi connectivity index (χ3v) is 4.53. The average Bonchev–Trinajstić information content (AvgIpc) is 3.08. The first kappa shape index (κ1) is 18.0. The van der Waals surface area contributed by atoms with E-state index in [1.165, 1.54) is 0 Å². The van der Waals surface area contributed by atoms with E-state index in [0.29, 0.717) is 11.8 Å². The van der Waals surface area contributed by atoms with E-state index in [-0.39, 0.29) is 0 Å². The van der Waals surface area contributed by atoms with E-state index in [2.05, 4.69) is 34.4 Å². The fourth-order valence-corrected chi connectivity index (χ4v) is 3.06. The lowest BCUT2D eigenvalue weighted by atomic mass is 10.1. The van der Waals surface area contributed by atoms with E-state index in [1.54, 1.807) is 13.3 Å². The van der Waals surface area contributed by atoms with E-state index in [0.717, 1.165) is 45.3 Å². The highest BCUT2D eigenvalue weighted by atomic mass is 16.5. The second-order valence-electron chi connectivity index (χ2n) is 6.73. The van der Waals surface area contributed by atoms with Crippen LogP contribution in [0.5, 0.6) is 5.88 Å². The van der Waals surface area contributed by atoms with Crippen LogP contribution >= 0.6 is 0 Å². The summed E-state index contributed by atoms with van der Waals surface area (Å²) in [6.45, 7) is 10.1. The standard InChI is InChI=1S/C19H25N5O2/c1-10(2)17-18(12(4)24(6)22-17)21-15-8-14(9-20-19(15)25-7)16-11(3)23-26-13(16)5/h8-10,21H,1-7H3. The van der Waals surface area contributed by atoms with Gasteiger partial charge in [-0.25, -0.2) is 4.98 Å². The highest BCUT2D eigenvalue weighted by Crippen LogP contribution is 2.36. The largest absolute Gasteiger partial charge is 0.480 e. The highest BCUT2D eigenvalue weighted by molar-refractivity contribution is 5.76. The molecular weight excluding hydrogens is 330 g/mol. The molecule has 0 aliphatic carbocycles. The number of hydrogen-bond donors (Lipinski definition) is 1. The zero-order chi connectivity index (χ0) is 19.0. The molecule has 26 heavy (non-hydrogen) atoms. The molecule has 0 aromatic carbocycles. The molecular formula is C19H25N5O2. The summed E-state index contributed by atoms with van der Waals surface area (Å²) in [4.78, 5) is 4.46. The van der Waals surface area contributed by atoms with Gasteiger partial charge in [0.1, 0.15) is 11.4 Å². The monoisotopic (exact) mass is 355 g/mol. The summed E-state index contributed by atoms with van der Waals surface area (Å²) >= 11 is 0. The van der Waals surface area contributed by atoms with Crippen molar-refractivity contribution in [2.75, 3.05) is 12.4 Å². The first-order valence-corrected chi connectivity index (χ1v) is 8.61. The van der Waals surface area contributed by atoms with Gasteiger partial charge in [-0.05, 0) is 32.8 Å². The van der Waals surface area contributed by atoms with Gasteiger partial charge in [-0.1, -0.05) is 19.0 Å². The molecule has 0 aliphatic rings. The molecule has 7 heteroatoms. The zero-order valence-electron chi connectivity index (χ0n) is 16.3. The van der Waals surface area contributed by atoms with Crippen molar-refractivity contribution in [1.29, 1.82) is 0 Å². The Hall–Kier alpha value is -2.83. The molecule has 138 valence electrons. The molecule has 0 bridgehead atoms. The van der Waals surface area contributed by atoms with Gasteiger partial charge in [0.25, 0.3) is 0 Å². The minimum absolute atomic E-state index is 0.294. The maximum absolute atomic E-state index is 5.46. The van der Waals surface area contributed by atoms with Crippen LogP contribution in [0.3, 0.4) is 0 Å². The summed E-state index contributed by atoms with van der Waals surface area (Å²) in [5.41, 5.74) is 6.54. The van der Waals surface area contributed by atoms with Crippen molar-refractivity contribution in [3.63, 3.8) is 0 Å². The number of nitrogens with zero attached hydrogens (tertiary/aromatic N) is 4. The predicted octanol–water partition coefficient (Wildman–Crippen LogP) is 4.27. The summed E-state index contributed by atoms with van der Waals surface area (Å²) < 4.78 is 12.6. The van der Waals surface area contributed by atoms with Gasteiger partial charge >= 0.3 is 0 Å². The van der Waals surface area contributed by atoms with Gasteiger partial charge in [-0.2, -0.15) is 5.10 Å². The molecule has 7 nitrogen and oxygen atoms in total. The molecule has 0 amide bonds. The van der Waals surface area contributed by atoms with Crippen LogP contribution in [0.4, 0.5) is 11.4 Å². The van der Waals surface area contributed by atoms with Crippen LogP contribution in [-0.2, 0) is 7.05 Å². The van der Waals surface area contributed by atoms with Gasteiger partial charge in [0, 0.05) is 24.4 Å². The van der Waals surface area contributed by atoms with Crippen LogP contribution in [0.15, 0.2) is 16.8 Å². The fraction of sp³-hybridized carbons (Fsp3) is 0.421. The number of pyridine rings is 1. The fourth-order valence-electron chi connectivity index (χ4n) is 3.06. The molecule has 0 aliphatic heterocycles. The SMILES string of the molecule is COc1ncc(-c2c(C)noc2C)cc1Nc1c(C(C)C)nn(C)c1C. The highest BCUT2D eigenvalue weighted by Gasteiger charge is 2.19. The van der Waals surface area contributed by atoms with Crippen LogP contribution in [0.2, 0.25) is 0 Å². The van der Waals surface area contributed by atoms with E-state index in [1.807, 2.05) is 38.6 Å². The van der Waals surface area contributed by atoms with Gasteiger partial charge in [0.05, 0.1) is 29.9 Å². The molecule has 3 aromatic heterocycles. The lowest BCUT2D eigenvalue weighted by molar-refractivity contribution is 0.393. The third-order valence-electron chi connectivity index (χ3n) is 4.53. The van der Waals surface area contributed by atoms with Crippen LogP contribution in [-0.4, -0.2) is 27.0 Å². The zero-order valence-corrected chi connectivity index (χ0v) is 16.3. The van der Waals surface area contributed by atoms with Crippen LogP contribution in [0, 0.1) is 20.8 Å². The molecule has 0 saturated carbocycles. The quantitative estimate of drug-likeness (QED) is 0.736.